The van der Waals surface area contributed by atoms with Crippen LogP contribution >= 0.6 is 0 Å². The Hall–Kier alpha value is -2.95. The first-order chi connectivity index (χ1) is 9.36. The van der Waals surface area contributed by atoms with Gasteiger partial charge in [0.1, 0.15) is 34.7 Å². The predicted molar refractivity (Wildman–Crippen MR) is 66.0 cm³/mol. The molecule has 0 bridgehead atoms. The molecule has 0 aliphatic heterocycles. The number of hydrogen-bond donors (Lipinski definition) is 1. The van der Waals surface area contributed by atoms with Crippen molar-refractivity contribution in [3.8, 4) is 17.5 Å². The molecule has 0 fully saturated rings. The molecule has 0 spiro atoms. The Morgan fingerprint density at radius 2 is 2.15 bits per heavy atom. The topological polar surface area (TPSA) is 105 Å². The molecule has 0 unspecified atom stereocenters. The van der Waals surface area contributed by atoms with E-state index in [1.165, 1.54) is 13.8 Å². The number of nitrogens with zero attached hydrogens (tertiary/aromatic N) is 4. The number of nitro groups is 1. The SMILES string of the molecule is Cc1nn(-c2cc(O)c(C#N)cc2F)c(C)c1[N+](=O)[O-]. The van der Waals surface area contributed by atoms with Crippen molar-refractivity contribution in [1.82, 2.24) is 9.78 Å². The molecule has 2 aromatic rings. The third-order valence-corrected chi connectivity index (χ3v) is 2.85. The van der Waals surface area contributed by atoms with Gasteiger partial charge in [-0.3, -0.25) is 10.1 Å². The second-order valence-electron chi connectivity index (χ2n) is 4.12. The first kappa shape index (κ1) is 13.5. The number of phenolic OH excluding ortho intramolecular Hbond substituents is 1. The van der Waals surface area contributed by atoms with Gasteiger partial charge in [-0.05, 0) is 19.9 Å². The molecule has 8 heteroatoms. The minimum absolute atomic E-state index is 0.135. The van der Waals surface area contributed by atoms with Gasteiger partial charge in [0.05, 0.1) is 10.5 Å². The van der Waals surface area contributed by atoms with Crippen molar-refractivity contribution in [3.63, 3.8) is 0 Å². The maximum absolute atomic E-state index is 13.9. The summed E-state index contributed by atoms with van der Waals surface area (Å²) in [6, 6.07) is 3.50. The van der Waals surface area contributed by atoms with Crippen molar-refractivity contribution in [3.05, 3.63) is 45.0 Å². The van der Waals surface area contributed by atoms with Gasteiger partial charge in [-0.2, -0.15) is 10.4 Å². The van der Waals surface area contributed by atoms with Crippen molar-refractivity contribution >= 4 is 5.69 Å². The van der Waals surface area contributed by atoms with Crippen molar-refractivity contribution in [1.29, 1.82) is 5.26 Å². The van der Waals surface area contributed by atoms with Gasteiger partial charge < -0.3 is 5.11 Å². The second kappa shape index (κ2) is 4.62. The highest BCUT2D eigenvalue weighted by Gasteiger charge is 2.24. The first-order valence-corrected chi connectivity index (χ1v) is 5.50. The zero-order chi connectivity index (χ0) is 15.0. The third kappa shape index (κ3) is 1.95. The van der Waals surface area contributed by atoms with E-state index in [-0.39, 0.29) is 28.3 Å². The van der Waals surface area contributed by atoms with Crippen LogP contribution in [0.2, 0.25) is 0 Å². The van der Waals surface area contributed by atoms with Crippen LogP contribution in [0.1, 0.15) is 17.0 Å². The maximum Gasteiger partial charge on any atom is 0.313 e. The van der Waals surface area contributed by atoms with Crippen LogP contribution in [0.5, 0.6) is 5.75 Å². The number of benzene rings is 1. The van der Waals surface area contributed by atoms with Crippen molar-refractivity contribution in [2.45, 2.75) is 13.8 Å². The smallest absolute Gasteiger partial charge is 0.313 e. The lowest BCUT2D eigenvalue weighted by molar-refractivity contribution is -0.386. The molecule has 7 nitrogen and oxygen atoms in total. The molecular weight excluding hydrogens is 267 g/mol. The average molecular weight is 276 g/mol. The summed E-state index contributed by atoms with van der Waals surface area (Å²) in [5, 5.41) is 33.1. The number of phenols is 1. The number of aromatic hydroxyl groups is 1. The van der Waals surface area contributed by atoms with E-state index in [4.69, 9.17) is 5.26 Å². The van der Waals surface area contributed by atoms with E-state index in [9.17, 15) is 19.6 Å². The summed E-state index contributed by atoms with van der Waals surface area (Å²) >= 11 is 0. The molecule has 1 aromatic heterocycles. The largest absolute Gasteiger partial charge is 0.506 e. The highest BCUT2D eigenvalue weighted by atomic mass is 19.1. The third-order valence-electron chi connectivity index (χ3n) is 2.85. The molecule has 2 rings (SSSR count). The van der Waals surface area contributed by atoms with Gasteiger partial charge >= 0.3 is 5.69 Å². The average Bonchev–Trinajstić information content (AvgIpc) is 2.67. The predicted octanol–water partition coefficient (Wildman–Crippen LogP) is 2.11. The van der Waals surface area contributed by atoms with Gasteiger partial charge in [0, 0.05) is 6.07 Å². The Balaban J connectivity index is 2.71. The first-order valence-electron chi connectivity index (χ1n) is 5.50. The fraction of sp³-hybridized carbons (Fsp3) is 0.167. The molecule has 1 heterocycles. The minimum Gasteiger partial charge on any atom is -0.506 e. The Morgan fingerprint density at radius 1 is 1.50 bits per heavy atom. The van der Waals surface area contributed by atoms with Crippen LogP contribution in [-0.4, -0.2) is 19.8 Å². The molecule has 20 heavy (non-hydrogen) atoms. The second-order valence-corrected chi connectivity index (χ2v) is 4.12. The van der Waals surface area contributed by atoms with Gasteiger partial charge in [0.25, 0.3) is 0 Å². The summed E-state index contributed by atoms with van der Waals surface area (Å²) in [7, 11) is 0. The summed E-state index contributed by atoms with van der Waals surface area (Å²) in [6.45, 7) is 2.86. The van der Waals surface area contributed by atoms with Gasteiger partial charge in [-0.25, -0.2) is 9.07 Å². The van der Waals surface area contributed by atoms with Crippen molar-refractivity contribution in [2.75, 3.05) is 0 Å². The molecule has 0 saturated heterocycles. The molecule has 0 aliphatic rings. The maximum atomic E-state index is 13.9. The van der Waals surface area contributed by atoms with Crippen LogP contribution in [0.3, 0.4) is 0 Å². The molecule has 0 saturated carbocycles. The highest BCUT2D eigenvalue weighted by molar-refractivity contribution is 5.52. The van der Waals surface area contributed by atoms with Crippen LogP contribution in [0.15, 0.2) is 12.1 Å². The van der Waals surface area contributed by atoms with Gasteiger partial charge in [-0.15, -0.1) is 0 Å². The van der Waals surface area contributed by atoms with Crippen LogP contribution < -0.4 is 0 Å². The molecular formula is C12H9FN4O3. The lowest BCUT2D eigenvalue weighted by Crippen LogP contribution is -2.03. The fourth-order valence-electron chi connectivity index (χ4n) is 1.94. The van der Waals surface area contributed by atoms with Crippen molar-refractivity contribution < 1.29 is 14.4 Å². The van der Waals surface area contributed by atoms with Gasteiger partial charge in [0.15, 0.2) is 0 Å². The number of halogens is 1. The van der Waals surface area contributed by atoms with E-state index >= 15 is 0 Å². The van der Waals surface area contributed by atoms with E-state index in [0.29, 0.717) is 0 Å². The van der Waals surface area contributed by atoms with E-state index < -0.39 is 16.5 Å². The summed E-state index contributed by atoms with van der Waals surface area (Å²) in [5.41, 5.74) is -0.322. The van der Waals surface area contributed by atoms with Crippen LogP contribution in [0.4, 0.5) is 10.1 Å². The summed E-state index contributed by atoms with van der Waals surface area (Å²) in [4.78, 5) is 10.3. The van der Waals surface area contributed by atoms with Crippen LogP contribution in [0, 0.1) is 41.1 Å². The Bertz CT molecular complexity index is 761. The normalized spacial score (nSPS) is 10.3. The molecule has 1 aromatic carbocycles. The summed E-state index contributed by atoms with van der Waals surface area (Å²) in [6.07, 6.45) is 0. The monoisotopic (exact) mass is 276 g/mol. The molecule has 0 amide bonds. The summed E-state index contributed by atoms with van der Waals surface area (Å²) in [5.74, 6) is -1.22. The number of aromatic nitrogens is 2. The van der Waals surface area contributed by atoms with Gasteiger partial charge in [0.2, 0.25) is 0 Å². The zero-order valence-corrected chi connectivity index (χ0v) is 10.6. The quantitative estimate of drug-likeness (QED) is 0.668. The Kier molecular flexibility index (Phi) is 3.11. The Labute approximate surface area is 112 Å². The molecule has 0 aliphatic carbocycles. The number of aryl methyl sites for hydroxylation is 1. The van der Waals surface area contributed by atoms with E-state index in [2.05, 4.69) is 5.10 Å². The molecule has 1 N–H and O–H groups in total. The number of nitriles is 1. The fourth-order valence-corrected chi connectivity index (χ4v) is 1.94. The standard InChI is InChI=1S/C12H9FN4O3/c1-6-12(17(19)20)7(2)16(15-6)10-4-11(18)8(5-14)3-9(10)13/h3-4,18H,1-2H3. The lowest BCUT2D eigenvalue weighted by Gasteiger charge is -2.06. The number of hydrogen-bond acceptors (Lipinski definition) is 5. The van der Waals surface area contributed by atoms with E-state index in [1.807, 2.05) is 0 Å². The van der Waals surface area contributed by atoms with E-state index in [1.54, 1.807) is 6.07 Å². The van der Waals surface area contributed by atoms with Crippen molar-refractivity contribution in [2.24, 2.45) is 0 Å². The number of rotatable bonds is 2. The summed E-state index contributed by atoms with van der Waals surface area (Å²) < 4.78 is 15.0. The Morgan fingerprint density at radius 3 is 2.65 bits per heavy atom. The molecule has 0 radical (unpaired) electrons. The van der Waals surface area contributed by atoms with Crippen LogP contribution in [-0.2, 0) is 0 Å². The zero-order valence-electron chi connectivity index (χ0n) is 10.6. The van der Waals surface area contributed by atoms with Gasteiger partial charge in [-0.1, -0.05) is 0 Å². The molecule has 102 valence electrons. The van der Waals surface area contributed by atoms with Crippen LogP contribution in [0.25, 0.3) is 5.69 Å². The molecule has 0 atom stereocenters. The minimum atomic E-state index is -0.806. The highest BCUT2D eigenvalue weighted by Crippen LogP contribution is 2.29. The lowest BCUT2D eigenvalue weighted by atomic mass is 10.2. The van der Waals surface area contributed by atoms with E-state index in [0.717, 1.165) is 16.8 Å².